The monoisotopic (exact) mass is 477 g/mol. The number of alkyl halides is 3. The normalized spacial score (nSPS) is 16.0. The predicted molar refractivity (Wildman–Crippen MR) is 120 cm³/mol. The Morgan fingerprint density at radius 1 is 1.06 bits per heavy atom. The Bertz CT molecular complexity index is 1030. The summed E-state index contributed by atoms with van der Waals surface area (Å²) in [7, 11) is 0. The van der Waals surface area contributed by atoms with E-state index in [-0.39, 0.29) is 36.9 Å². The molecule has 1 unspecified atom stereocenters. The highest BCUT2D eigenvalue weighted by molar-refractivity contribution is 6.00. The lowest BCUT2D eigenvalue weighted by atomic mass is 9.96. The van der Waals surface area contributed by atoms with Gasteiger partial charge in [0.15, 0.2) is 0 Å². The molecule has 1 fully saturated rings. The van der Waals surface area contributed by atoms with Crippen molar-refractivity contribution in [3.8, 4) is 5.75 Å². The smallest absolute Gasteiger partial charge is 0.416 e. The summed E-state index contributed by atoms with van der Waals surface area (Å²) in [6.45, 7) is 2.06. The van der Waals surface area contributed by atoms with Crippen LogP contribution in [0.15, 0.2) is 48.5 Å². The van der Waals surface area contributed by atoms with Gasteiger partial charge in [-0.15, -0.1) is 0 Å². The Hall–Kier alpha value is -3.56. The minimum Gasteiger partial charge on any atom is -0.493 e. The molecule has 1 heterocycles. The van der Waals surface area contributed by atoms with E-state index in [1.807, 2.05) is 18.2 Å². The van der Waals surface area contributed by atoms with E-state index in [1.54, 1.807) is 17.0 Å². The van der Waals surface area contributed by atoms with Gasteiger partial charge in [-0.05, 0) is 43.2 Å². The summed E-state index contributed by atoms with van der Waals surface area (Å²) in [5, 5.41) is 4.93. The summed E-state index contributed by atoms with van der Waals surface area (Å²) < 4.78 is 45.0. The van der Waals surface area contributed by atoms with Gasteiger partial charge < -0.3 is 20.3 Å². The third-order valence-electron chi connectivity index (χ3n) is 5.39. The third-order valence-corrected chi connectivity index (χ3v) is 5.39. The van der Waals surface area contributed by atoms with Crippen molar-refractivity contribution in [1.29, 1.82) is 0 Å². The van der Waals surface area contributed by atoms with E-state index in [9.17, 15) is 27.6 Å². The predicted octanol–water partition coefficient (Wildman–Crippen LogP) is 4.31. The van der Waals surface area contributed by atoms with Gasteiger partial charge in [0.25, 0.3) is 0 Å². The van der Waals surface area contributed by atoms with Gasteiger partial charge in [0.2, 0.25) is 17.7 Å². The van der Waals surface area contributed by atoms with Crippen LogP contribution < -0.4 is 15.4 Å². The molecule has 2 aromatic rings. The summed E-state index contributed by atoms with van der Waals surface area (Å²) >= 11 is 0. The number of anilines is 2. The third kappa shape index (κ3) is 6.97. The number of likely N-dealkylation sites (tertiary alicyclic amines) is 1. The lowest BCUT2D eigenvalue weighted by Gasteiger charge is -2.32. The second-order valence-electron chi connectivity index (χ2n) is 8.02. The average Bonchev–Trinajstić information content (AvgIpc) is 2.80. The minimum atomic E-state index is -4.61. The SMILES string of the molecule is CC(=O)Nc1ccc(C(F)(F)F)cc1NC(=O)C1CCCN(C(=O)CCOc2ccccc2)C1. The van der Waals surface area contributed by atoms with Crippen LogP contribution in [0.25, 0.3) is 0 Å². The van der Waals surface area contributed by atoms with Crippen molar-refractivity contribution in [1.82, 2.24) is 4.90 Å². The Kier molecular flexibility index (Phi) is 8.14. The largest absolute Gasteiger partial charge is 0.493 e. The van der Waals surface area contributed by atoms with Crippen LogP contribution in [-0.4, -0.2) is 42.3 Å². The Balaban J connectivity index is 1.62. The van der Waals surface area contributed by atoms with Crippen LogP contribution in [0.2, 0.25) is 0 Å². The van der Waals surface area contributed by atoms with E-state index in [1.165, 1.54) is 6.92 Å². The average molecular weight is 477 g/mol. The van der Waals surface area contributed by atoms with Crippen molar-refractivity contribution in [3.05, 3.63) is 54.1 Å². The van der Waals surface area contributed by atoms with Crippen LogP contribution in [0.3, 0.4) is 0 Å². The lowest BCUT2D eigenvalue weighted by Crippen LogP contribution is -2.44. The van der Waals surface area contributed by atoms with Gasteiger partial charge >= 0.3 is 6.18 Å². The first-order chi connectivity index (χ1) is 16.1. The van der Waals surface area contributed by atoms with Crippen LogP contribution in [-0.2, 0) is 20.6 Å². The molecule has 1 atom stereocenters. The first kappa shape index (κ1) is 25.1. The molecule has 0 aromatic heterocycles. The van der Waals surface area contributed by atoms with E-state index in [2.05, 4.69) is 10.6 Å². The van der Waals surface area contributed by atoms with Gasteiger partial charge in [0.05, 0.1) is 35.9 Å². The second-order valence-corrected chi connectivity index (χ2v) is 8.02. The fourth-order valence-electron chi connectivity index (χ4n) is 3.71. The number of carbonyl (C=O) groups excluding carboxylic acids is 3. The molecule has 1 saturated heterocycles. The van der Waals surface area contributed by atoms with Crippen molar-refractivity contribution < 1.29 is 32.3 Å². The Morgan fingerprint density at radius 2 is 1.79 bits per heavy atom. The summed E-state index contributed by atoms with van der Waals surface area (Å²) in [6.07, 6.45) is -3.39. The van der Waals surface area contributed by atoms with Crippen LogP contribution in [0.1, 0.15) is 31.7 Å². The molecule has 1 aliphatic heterocycles. The van der Waals surface area contributed by atoms with Gasteiger partial charge in [-0.25, -0.2) is 0 Å². The number of nitrogens with one attached hydrogen (secondary N) is 2. The van der Waals surface area contributed by atoms with Crippen molar-refractivity contribution >= 4 is 29.1 Å². The first-order valence-electron chi connectivity index (χ1n) is 10.9. The van der Waals surface area contributed by atoms with Crippen LogP contribution in [0.5, 0.6) is 5.75 Å². The van der Waals surface area contributed by atoms with Gasteiger partial charge in [-0.1, -0.05) is 18.2 Å². The molecule has 7 nitrogen and oxygen atoms in total. The minimum absolute atomic E-state index is 0.0654. The quantitative estimate of drug-likeness (QED) is 0.622. The number of amides is 3. The van der Waals surface area contributed by atoms with Crippen LogP contribution in [0, 0.1) is 5.92 Å². The van der Waals surface area contributed by atoms with Crippen molar-refractivity contribution in [3.63, 3.8) is 0 Å². The maximum atomic E-state index is 13.2. The highest BCUT2D eigenvalue weighted by Crippen LogP contribution is 2.34. The standard InChI is InChI=1S/C24H26F3N3O4/c1-16(31)28-20-10-9-18(24(25,26)27)14-21(20)29-23(33)17-6-5-12-30(15-17)22(32)11-13-34-19-7-3-2-4-8-19/h2-4,7-10,14,17H,5-6,11-13,15H2,1H3,(H,28,31)(H,29,33). The molecule has 0 saturated carbocycles. The molecule has 1 aliphatic rings. The Labute approximate surface area is 195 Å². The topological polar surface area (TPSA) is 87.7 Å². The molecule has 3 amide bonds. The number of piperidine rings is 1. The van der Waals surface area contributed by atoms with Gasteiger partial charge in [-0.2, -0.15) is 13.2 Å². The number of halogens is 3. The number of benzene rings is 2. The van der Waals surface area contributed by atoms with E-state index < -0.39 is 29.5 Å². The van der Waals surface area contributed by atoms with Crippen molar-refractivity contribution in [2.45, 2.75) is 32.4 Å². The maximum Gasteiger partial charge on any atom is 0.416 e. The van der Waals surface area contributed by atoms with Crippen LogP contribution in [0.4, 0.5) is 24.5 Å². The fourth-order valence-corrected chi connectivity index (χ4v) is 3.71. The number of ether oxygens (including phenoxy) is 1. The zero-order valence-corrected chi connectivity index (χ0v) is 18.7. The highest BCUT2D eigenvalue weighted by Gasteiger charge is 2.32. The Morgan fingerprint density at radius 3 is 2.47 bits per heavy atom. The molecule has 182 valence electrons. The number of hydrogen-bond donors (Lipinski definition) is 2. The summed E-state index contributed by atoms with van der Waals surface area (Å²) in [5.74, 6) is -1.09. The van der Waals surface area contributed by atoms with E-state index in [0.29, 0.717) is 25.1 Å². The summed E-state index contributed by atoms with van der Waals surface area (Å²) in [6, 6.07) is 11.8. The number of rotatable bonds is 7. The highest BCUT2D eigenvalue weighted by atomic mass is 19.4. The maximum absolute atomic E-state index is 13.2. The molecule has 0 bridgehead atoms. The molecule has 2 N–H and O–H groups in total. The molecular formula is C24H26F3N3O4. The second kappa shape index (κ2) is 11.0. The fraction of sp³-hybridized carbons (Fsp3) is 0.375. The number of nitrogens with zero attached hydrogens (tertiary/aromatic N) is 1. The van der Waals surface area contributed by atoms with Crippen molar-refractivity contribution in [2.24, 2.45) is 5.92 Å². The summed E-state index contributed by atoms with van der Waals surface area (Å²) in [5.41, 5.74) is -1.03. The van der Waals surface area contributed by atoms with Gasteiger partial charge in [0, 0.05) is 20.0 Å². The lowest BCUT2D eigenvalue weighted by molar-refractivity contribution is -0.138. The molecular weight excluding hydrogens is 451 g/mol. The van der Waals surface area contributed by atoms with E-state index in [0.717, 1.165) is 18.2 Å². The molecule has 3 rings (SSSR count). The molecule has 0 aliphatic carbocycles. The van der Waals surface area contributed by atoms with Gasteiger partial charge in [0.1, 0.15) is 5.75 Å². The number of carbonyl (C=O) groups is 3. The number of hydrogen-bond acceptors (Lipinski definition) is 4. The van der Waals surface area contributed by atoms with E-state index in [4.69, 9.17) is 4.74 Å². The van der Waals surface area contributed by atoms with E-state index >= 15 is 0 Å². The molecule has 34 heavy (non-hydrogen) atoms. The van der Waals surface area contributed by atoms with Crippen molar-refractivity contribution in [2.75, 3.05) is 30.3 Å². The summed E-state index contributed by atoms with van der Waals surface area (Å²) in [4.78, 5) is 38.5. The first-order valence-corrected chi connectivity index (χ1v) is 10.9. The zero-order valence-electron chi connectivity index (χ0n) is 18.7. The van der Waals surface area contributed by atoms with Gasteiger partial charge in [-0.3, -0.25) is 14.4 Å². The number of para-hydroxylation sites is 1. The molecule has 2 aromatic carbocycles. The zero-order chi connectivity index (χ0) is 24.7. The molecule has 0 spiro atoms. The molecule has 10 heteroatoms. The van der Waals surface area contributed by atoms with Crippen LogP contribution >= 0.6 is 0 Å². The molecule has 0 radical (unpaired) electrons.